The molecule has 1 saturated heterocycles. The van der Waals surface area contributed by atoms with Crippen molar-refractivity contribution in [3.63, 3.8) is 0 Å². The van der Waals surface area contributed by atoms with E-state index in [0.717, 1.165) is 17.7 Å². The van der Waals surface area contributed by atoms with Gasteiger partial charge in [-0.2, -0.15) is 5.10 Å². The number of aromatic nitrogens is 3. The number of anilines is 1. The summed E-state index contributed by atoms with van der Waals surface area (Å²) in [6.45, 7) is 5.72. The molecule has 1 amide bonds. The van der Waals surface area contributed by atoms with Crippen molar-refractivity contribution in [2.45, 2.75) is 38.8 Å². The number of amides is 1. The second kappa shape index (κ2) is 8.71. The van der Waals surface area contributed by atoms with Crippen LogP contribution in [0.4, 0.5) is 10.1 Å². The van der Waals surface area contributed by atoms with Crippen LogP contribution in [0, 0.1) is 5.82 Å². The Morgan fingerprint density at radius 3 is 2.72 bits per heavy atom. The van der Waals surface area contributed by atoms with Crippen molar-refractivity contribution >= 4 is 17.2 Å². The third-order valence-corrected chi connectivity index (χ3v) is 7.41. The predicted octanol–water partition coefficient (Wildman–Crippen LogP) is 4.04. The number of halogens is 1. The molecule has 1 fully saturated rings. The monoisotopic (exact) mass is 485 g/mol. The maximum atomic E-state index is 15.1. The third kappa shape index (κ3) is 3.73. The largest absolute Gasteiger partial charge is 0.389 e. The number of nitrogens with zero attached hydrogens (tertiary/aromatic N) is 5. The lowest BCUT2D eigenvalue weighted by Crippen LogP contribution is -2.50. The van der Waals surface area contributed by atoms with Gasteiger partial charge in [0.2, 0.25) is 0 Å². The zero-order valence-corrected chi connectivity index (χ0v) is 20.4. The van der Waals surface area contributed by atoms with Crippen LogP contribution >= 0.6 is 0 Å². The van der Waals surface area contributed by atoms with Crippen LogP contribution in [-0.4, -0.2) is 56.2 Å². The maximum Gasteiger partial charge on any atom is 0.274 e. The molecule has 1 N–H and O–H groups in total. The fraction of sp³-hybridized carbons (Fsp3) is 0.321. The molecular formula is C28H28FN5O2. The highest BCUT2D eigenvalue weighted by Crippen LogP contribution is 2.32. The fourth-order valence-electron chi connectivity index (χ4n) is 5.31. The number of hydrogen-bond donors (Lipinski definition) is 1. The number of aliphatic hydroxyl groups excluding tert-OH is 1. The van der Waals surface area contributed by atoms with Crippen LogP contribution < -0.4 is 4.90 Å². The minimum atomic E-state index is -0.382. The number of aliphatic hydroxyl groups is 1. The molecule has 2 aliphatic heterocycles. The van der Waals surface area contributed by atoms with E-state index in [0.29, 0.717) is 48.7 Å². The van der Waals surface area contributed by atoms with Gasteiger partial charge in [0, 0.05) is 30.9 Å². The molecule has 4 heterocycles. The summed E-state index contributed by atoms with van der Waals surface area (Å²) in [6.07, 6.45) is 2.81. The Morgan fingerprint density at radius 2 is 1.97 bits per heavy atom. The topological polar surface area (TPSA) is 74.0 Å². The van der Waals surface area contributed by atoms with Gasteiger partial charge in [-0.1, -0.05) is 31.2 Å². The van der Waals surface area contributed by atoms with Gasteiger partial charge in [-0.3, -0.25) is 4.79 Å². The molecular weight excluding hydrogens is 457 g/mol. The molecule has 1 atom stereocenters. The Balaban J connectivity index is 1.33. The first kappa shape index (κ1) is 22.7. The van der Waals surface area contributed by atoms with Gasteiger partial charge in [-0.25, -0.2) is 13.9 Å². The van der Waals surface area contributed by atoms with Gasteiger partial charge in [0.15, 0.2) is 5.65 Å². The minimum absolute atomic E-state index is 0.0384. The van der Waals surface area contributed by atoms with E-state index in [4.69, 9.17) is 0 Å². The molecule has 0 aliphatic carbocycles. The number of rotatable bonds is 4. The summed E-state index contributed by atoms with van der Waals surface area (Å²) >= 11 is 0. The van der Waals surface area contributed by atoms with E-state index in [1.165, 1.54) is 17.2 Å². The van der Waals surface area contributed by atoms with Crippen molar-refractivity contribution < 1.29 is 14.3 Å². The molecule has 6 rings (SSSR count). The molecule has 0 spiro atoms. The van der Waals surface area contributed by atoms with E-state index in [1.54, 1.807) is 16.8 Å². The van der Waals surface area contributed by atoms with E-state index in [-0.39, 0.29) is 23.9 Å². The van der Waals surface area contributed by atoms with Crippen LogP contribution in [0.25, 0.3) is 16.9 Å². The standard InChI is InChI=1S/C28H28FN5O2/c1-3-18-12-25(28(36)33-11-10-19-6-4-5-7-22(19)17(33)2)31-34-16-26(30-27(18)34)23-9-8-20(13-24(23)29)32-14-21(35)15-32/h4-9,12-13,16-17,21,35H,3,10-11,14-15H2,1-2H3/t17-/m1/s1. The van der Waals surface area contributed by atoms with Crippen LogP contribution in [0.1, 0.15) is 47.1 Å². The fourth-order valence-corrected chi connectivity index (χ4v) is 5.31. The average Bonchev–Trinajstić information content (AvgIpc) is 3.30. The highest BCUT2D eigenvalue weighted by molar-refractivity contribution is 5.93. The minimum Gasteiger partial charge on any atom is -0.389 e. The smallest absolute Gasteiger partial charge is 0.274 e. The number of benzene rings is 2. The zero-order valence-electron chi connectivity index (χ0n) is 20.4. The van der Waals surface area contributed by atoms with Gasteiger partial charge in [-0.05, 0) is 60.7 Å². The van der Waals surface area contributed by atoms with Crippen molar-refractivity contribution in [2.24, 2.45) is 0 Å². The lowest BCUT2D eigenvalue weighted by molar-refractivity contribution is 0.0670. The first-order chi connectivity index (χ1) is 17.4. The van der Waals surface area contributed by atoms with Gasteiger partial charge < -0.3 is 14.9 Å². The number of imidazole rings is 1. The van der Waals surface area contributed by atoms with E-state index >= 15 is 4.39 Å². The van der Waals surface area contributed by atoms with Gasteiger partial charge in [0.25, 0.3) is 5.91 Å². The quantitative estimate of drug-likeness (QED) is 0.472. The van der Waals surface area contributed by atoms with Crippen LogP contribution in [0.3, 0.4) is 0 Å². The van der Waals surface area contributed by atoms with E-state index in [1.807, 2.05) is 41.0 Å². The lowest BCUT2D eigenvalue weighted by atomic mass is 9.93. The Kier molecular flexibility index (Phi) is 5.48. The predicted molar refractivity (Wildman–Crippen MR) is 136 cm³/mol. The molecule has 0 radical (unpaired) electrons. The molecule has 184 valence electrons. The van der Waals surface area contributed by atoms with E-state index in [9.17, 15) is 9.90 Å². The first-order valence-corrected chi connectivity index (χ1v) is 12.4. The highest BCUT2D eigenvalue weighted by atomic mass is 19.1. The number of carbonyl (C=O) groups excluding carboxylic acids is 1. The van der Waals surface area contributed by atoms with Crippen molar-refractivity contribution in [1.29, 1.82) is 0 Å². The summed E-state index contributed by atoms with van der Waals surface area (Å²) in [5, 5.41) is 14.1. The molecule has 36 heavy (non-hydrogen) atoms. The molecule has 4 aromatic rings. The molecule has 8 heteroatoms. The normalized spacial score (nSPS) is 17.8. The van der Waals surface area contributed by atoms with E-state index < -0.39 is 0 Å². The number of β-amino-alcohol motifs (C(OH)–C–C–N with tert-alkyl or cyclic N) is 1. The summed E-state index contributed by atoms with van der Waals surface area (Å²) in [6, 6.07) is 15.1. The summed E-state index contributed by atoms with van der Waals surface area (Å²) in [4.78, 5) is 22.0. The summed E-state index contributed by atoms with van der Waals surface area (Å²) < 4.78 is 16.7. The van der Waals surface area contributed by atoms with Gasteiger partial charge in [0.1, 0.15) is 11.5 Å². The lowest BCUT2D eigenvalue weighted by Gasteiger charge is -2.37. The molecule has 2 aliphatic rings. The van der Waals surface area contributed by atoms with E-state index in [2.05, 4.69) is 29.1 Å². The molecule has 7 nitrogen and oxygen atoms in total. The molecule has 2 aromatic carbocycles. The average molecular weight is 486 g/mol. The number of hydrogen-bond acceptors (Lipinski definition) is 5. The molecule has 0 bridgehead atoms. The molecule has 2 aromatic heterocycles. The van der Waals surface area contributed by atoms with Crippen molar-refractivity contribution in [1.82, 2.24) is 19.5 Å². The highest BCUT2D eigenvalue weighted by Gasteiger charge is 2.30. The second-order valence-corrected chi connectivity index (χ2v) is 9.65. The Morgan fingerprint density at radius 1 is 1.17 bits per heavy atom. The van der Waals surface area contributed by atoms with Crippen LogP contribution in [0.2, 0.25) is 0 Å². The van der Waals surface area contributed by atoms with Crippen molar-refractivity contribution in [3.05, 3.63) is 82.9 Å². The van der Waals surface area contributed by atoms with Crippen molar-refractivity contribution in [2.75, 3.05) is 24.5 Å². The number of carbonyl (C=O) groups is 1. The third-order valence-electron chi connectivity index (χ3n) is 7.41. The Hall–Kier alpha value is -3.78. The number of fused-ring (bicyclic) bond motifs is 2. The summed E-state index contributed by atoms with van der Waals surface area (Å²) in [7, 11) is 0. The van der Waals surface area contributed by atoms with Crippen LogP contribution in [-0.2, 0) is 12.8 Å². The van der Waals surface area contributed by atoms with Crippen molar-refractivity contribution in [3.8, 4) is 11.3 Å². The van der Waals surface area contributed by atoms with Gasteiger partial charge in [-0.15, -0.1) is 0 Å². The first-order valence-electron chi connectivity index (χ1n) is 12.4. The Bertz CT molecular complexity index is 1480. The molecule has 0 unspecified atom stereocenters. The van der Waals surface area contributed by atoms with Crippen LogP contribution in [0.15, 0.2) is 54.7 Å². The number of aryl methyl sites for hydroxylation is 1. The van der Waals surface area contributed by atoms with Crippen LogP contribution in [0.5, 0.6) is 0 Å². The summed E-state index contributed by atoms with van der Waals surface area (Å²) in [5.41, 5.74) is 5.90. The summed E-state index contributed by atoms with van der Waals surface area (Å²) in [5.74, 6) is -0.497. The molecule has 0 saturated carbocycles. The van der Waals surface area contributed by atoms with Gasteiger partial charge >= 0.3 is 0 Å². The van der Waals surface area contributed by atoms with Gasteiger partial charge in [0.05, 0.1) is 24.0 Å². The maximum absolute atomic E-state index is 15.1. The second-order valence-electron chi connectivity index (χ2n) is 9.65. The Labute approximate surface area is 208 Å². The zero-order chi connectivity index (χ0) is 25.0. The SMILES string of the molecule is CCc1cc(C(=O)N2CCc3ccccc3[C@H]2C)nn2cc(-c3ccc(N4CC(O)C4)cc3F)nc12.